The van der Waals surface area contributed by atoms with E-state index < -0.39 is 60.8 Å². The van der Waals surface area contributed by atoms with E-state index in [0.29, 0.717) is 0 Å². The Hall–Kier alpha value is -4.57. The second-order valence-electron chi connectivity index (χ2n) is 9.81. The van der Waals surface area contributed by atoms with Crippen molar-refractivity contribution in [1.29, 1.82) is 0 Å². The van der Waals surface area contributed by atoms with E-state index in [1.807, 2.05) is 13.8 Å². The number of amides is 4. The highest BCUT2D eigenvalue weighted by Gasteiger charge is 2.27. The maximum atomic E-state index is 13.0. The molecule has 4 amide bonds. The third-order valence-electron chi connectivity index (χ3n) is 5.85. The van der Waals surface area contributed by atoms with Gasteiger partial charge in [0.1, 0.15) is 17.8 Å². The molecule has 0 saturated carbocycles. The van der Waals surface area contributed by atoms with Gasteiger partial charge in [0.2, 0.25) is 23.6 Å². The monoisotopic (exact) mass is 609 g/mol. The maximum absolute atomic E-state index is 13.0. The van der Waals surface area contributed by atoms with Crippen molar-refractivity contribution in [3.63, 3.8) is 0 Å². The third-order valence-corrected chi connectivity index (χ3v) is 5.85. The quantitative estimate of drug-likeness (QED) is 0.112. The van der Waals surface area contributed by atoms with Gasteiger partial charge in [-0.15, -0.1) is 0 Å². The molecule has 0 spiro atoms. The molecule has 15 heteroatoms. The Morgan fingerprint density at radius 1 is 0.721 bits per heavy atom. The highest BCUT2D eigenvalue weighted by atomic mass is 16.4. The number of nitrogens with two attached hydrogens (primary N) is 1. The number of aliphatic carboxylic acids is 1. The predicted molar refractivity (Wildman–Crippen MR) is 158 cm³/mol. The molecule has 0 aliphatic carbocycles. The minimum absolute atomic E-state index is 0. The summed E-state index contributed by atoms with van der Waals surface area (Å²) in [6, 6.07) is 12.0. The zero-order valence-corrected chi connectivity index (χ0v) is 24.1. The fraction of sp³-hybridized carbons (Fsp3) is 0.393. The topological polar surface area (TPSA) is 294 Å². The number of phenols is 1. The summed E-state index contributed by atoms with van der Waals surface area (Å²) in [5, 5.41) is 28.6. The maximum Gasteiger partial charge on any atom is 0.326 e. The summed E-state index contributed by atoms with van der Waals surface area (Å²) in [6.45, 7) is 2.78. The third kappa shape index (κ3) is 15.3. The Labute approximate surface area is 249 Å². The van der Waals surface area contributed by atoms with Crippen molar-refractivity contribution in [3.05, 3.63) is 65.7 Å². The van der Waals surface area contributed by atoms with Crippen LogP contribution in [0, 0.1) is 5.92 Å². The van der Waals surface area contributed by atoms with E-state index >= 15 is 0 Å². The van der Waals surface area contributed by atoms with Gasteiger partial charge in [-0.3, -0.25) is 19.2 Å². The molecule has 0 aliphatic rings. The SMILES string of the molecule is CC(C)C[C@H](NC(=O)[C@H](Cc1ccccc1)NC(=O)CNC(=O)CNC(=O)[C@@H](N)Cc1ccc(O)cc1)C(=O)O.O.O.O. The Balaban J connectivity index is 0. The van der Waals surface area contributed by atoms with Crippen LogP contribution in [0.3, 0.4) is 0 Å². The van der Waals surface area contributed by atoms with Crippen LogP contribution in [0.5, 0.6) is 5.75 Å². The molecule has 0 fully saturated rings. The van der Waals surface area contributed by atoms with Gasteiger partial charge >= 0.3 is 5.97 Å². The fourth-order valence-electron chi connectivity index (χ4n) is 3.79. The van der Waals surface area contributed by atoms with Gasteiger partial charge in [0.25, 0.3) is 0 Å². The number of aromatic hydroxyl groups is 1. The molecule has 15 nitrogen and oxygen atoms in total. The summed E-state index contributed by atoms with van der Waals surface area (Å²) >= 11 is 0. The lowest BCUT2D eigenvalue weighted by Crippen LogP contribution is -2.54. The molecule has 0 bridgehead atoms. The zero-order chi connectivity index (χ0) is 29.7. The smallest absolute Gasteiger partial charge is 0.326 e. The Morgan fingerprint density at radius 2 is 1.28 bits per heavy atom. The van der Waals surface area contributed by atoms with Crippen LogP contribution in [-0.2, 0) is 36.8 Å². The number of carbonyl (C=O) groups excluding carboxylic acids is 4. The summed E-state index contributed by atoms with van der Waals surface area (Å²) in [6.07, 6.45) is 0.518. The van der Waals surface area contributed by atoms with Gasteiger partial charge in [0.15, 0.2) is 0 Å². The Bertz CT molecular complexity index is 1160. The van der Waals surface area contributed by atoms with Gasteiger partial charge in [0, 0.05) is 6.42 Å². The van der Waals surface area contributed by atoms with Gasteiger partial charge in [0.05, 0.1) is 19.1 Å². The average Bonchev–Trinajstić information content (AvgIpc) is 2.91. The number of phenolic OH excluding ortho intramolecular Hbond substituents is 1. The highest BCUT2D eigenvalue weighted by molar-refractivity contribution is 5.93. The first-order valence-electron chi connectivity index (χ1n) is 12.9. The molecule has 240 valence electrons. The van der Waals surface area contributed by atoms with Crippen molar-refractivity contribution in [2.75, 3.05) is 13.1 Å². The molecule has 14 N–H and O–H groups in total. The molecule has 2 aromatic rings. The lowest BCUT2D eigenvalue weighted by molar-refractivity contribution is -0.142. The molecule has 2 aromatic carbocycles. The van der Waals surface area contributed by atoms with Crippen LogP contribution in [0.2, 0.25) is 0 Å². The van der Waals surface area contributed by atoms with E-state index in [9.17, 15) is 34.2 Å². The van der Waals surface area contributed by atoms with Crippen LogP contribution in [0.4, 0.5) is 0 Å². The van der Waals surface area contributed by atoms with E-state index in [4.69, 9.17) is 5.73 Å². The predicted octanol–water partition coefficient (Wildman–Crippen LogP) is -2.64. The minimum atomic E-state index is -1.18. The number of carboxylic acid groups (broad SMARTS) is 1. The fourth-order valence-corrected chi connectivity index (χ4v) is 3.79. The standard InChI is InChI=1S/C28H37N5O7.3H2O/c1-17(2)12-23(28(39)40)33-27(38)22(14-18-6-4-3-5-7-18)32-25(36)16-30-24(35)15-31-26(37)21(29)13-19-8-10-20(34)11-9-19;;;/h3-11,17,21-23,34H,12-16,29H2,1-2H3,(H,30,35)(H,31,37)(H,32,36)(H,33,38)(H,39,40);3*1H2/t21-,22-,23-;;;/m0.../s1. The van der Waals surface area contributed by atoms with Crippen molar-refractivity contribution >= 4 is 29.6 Å². The van der Waals surface area contributed by atoms with Crippen molar-refractivity contribution in [2.45, 2.75) is 51.2 Å². The van der Waals surface area contributed by atoms with Crippen molar-refractivity contribution in [3.8, 4) is 5.75 Å². The van der Waals surface area contributed by atoms with Gasteiger partial charge in [-0.2, -0.15) is 0 Å². The van der Waals surface area contributed by atoms with Crippen LogP contribution in [0.1, 0.15) is 31.4 Å². The average molecular weight is 610 g/mol. The van der Waals surface area contributed by atoms with Crippen molar-refractivity contribution in [2.24, 2.45) is 11.7 Å². The lowest BCUT2D eigenvalue weighted by atomic mass is 10.0. The Morgan fingerprint density at radius 3 is 1.84 bits per heavy atom. The van der Waals surface area contributed by atoms with E-state index in [2.05, 4.69) is 21.3 Å². The van der Waals surface area contributed by atoms with Crippen LogP contribution >= 0.6 is 0 Å². The van der Waals surface area contributed by atoms with E-state index in [-0.39, 0.29) is 47.4 Å². The molecule has 2 rings (SSSR count). The molecule has 43 heavy (non-hydrogen) atoms. The van der Waals surface area contributed by atoms with Gasteiger partial charge < -0.3 is 53.6 Å². The van der Waals surface area contributed by atoms with Gasteiger partial charge in [-0.25, -0.2) is 4.79 Å². The summed E-state index contributed by atoms with van der Waals surface area (Å²) in [5.74, 6) is -3.62. The first kappa shape index (κ1) is 40.6. The number of carboxylic acids is 1. The second-order valence-corrected chi connectivity index (χ2v) is 9.81. The molecule has 0 aliphatic heterocycles. The number of nitrogens with one attached hydrogen (secondary N) is 4. The molecular weight excluding hydrogens is 566 g/mol. The number of hydrogen-bond donors (Lipinski definition) is 7. The first-order valence-corrected chi connectivity index (χ1v) is 12.9. The lowest BCUT2D eigenvalue weighted by Gasteiger charge is -2.22. The molecule has 0 radical (unpaired) electrons. The summed E-state index contributed by atoms with van der Waals surface area (Å²) < 4.78 is 0. The van der Waals surface area contributed by atoms with E-state index in [0.717, 1.165) is 11.1 Å². The molecule has 3 atom stereocenters. The first-order chi connectivity index (χ1) is 18.9. The highest BCUT2D eigenvalue weighted by Crippen LogP contribution is 2.11. The van der Waals surface area contributed by atoms with Gasteiger partial charge in [-0.05, 0) is 42.0 Å². The largest absolute Gasteiger partial charge is 0.508 e. The van der Waals surface area contributed by atoms with Crippen molar-refractivity contribution < 1.29 is 50.6 Å². The number of benzene rings is 2. The van der Waals surface area contributed by atoms with E-state index in [1.165, 1.54) is 12.1 Å². The van der Waals surface area contributed by atoms with Crippen molar-refractivity contribution in [1.82, 2.24) is 21.3 Å². The molecule has 0 heterocycles. The minimum Gasteiger partial charge on any atom is -0.508 e. The van der Waals surface area contributed by atoms with Gasteiger partial charge in [-0.1, -0.05) is 56.3 Å². The summed E-state index contributed by atoms with van der Waals surface area (Å²) in [7, 11) is 0. The number of rotatable bonds is 15. The molecule has 0 unspecified atom stereocenters. The Kier molecular flexibility index (Phi) is 19.2. The molecule has 0 saturated heterocycles. The zero-order valence-electron chi connectivity index (χ0n) is 24.1. The van der Waals surface area contributed by atoms with Crippen LogP contribution < -0.4 is 27.0 Å². The van der Waals surface area contributed by atoms with E-state index in [1.54, 1.807) is 42.5 Å². The summed E-state index contributed by atoms with van der Waals surface area (Å²) in [5.41, 5.74) is 7.35. The molecular formula is C28H43N5O10. The summed E-state index contributed by atoms with van der Waals surface area (Å²) in [4.78, 5) is 61.6. The number of hydrogen-bond acceptors (Lipinski definition) is 7. The molecule has 0 aromatic heterocycles. The van der Waals surface area contributed by atoms with Crippen LogP contribution in [0.25, 0.3) is 0 Å². The number of carbonyl (C=O) groups is 5. The second kappa shape index (κ2) is 20.3. The normalized spacial score (nSPS) is 12.1. The van der Waals surface area contributed by atoms with Crippen LogP contribution in [0.15, 0.2) is 54.6 Å². The van der Waals surface area contributed by atoms with Crippen LogP contribution in [-0.4, -0.2) is 87.5 Å².